The molecule has 3 rings (SSSR count). The lowest BCUT2D eigenvalue weighted by Crippen LogP contribution is -2.68. The van der Waals surface area contributed by atoms with Gasteiger partial charge in [0, 0.05) is 23.6 Å². The maximum Gasteiger partial charge on any atom is 0.407 e. The molecule has 0 radical (unpaired) electrons. The molecule has 0 heterocycles. The zero-order chi connectivity index (χ0) is 26.4. The lowest BCUT2D eigenvalue weighted by molar-refractivity contribution is 0.0530. The van der Waals surface area contributed by atoms with Gasteiger partial charge in [-0.05, 0) is 64.2 Å². The van der Waals surface area contributed by atoms with E-state index in [1.807, 2.05) is 51.1 Å². The van der Waals surface area contributed by atoms with Crippen LogP contribution in [0.15, 0.2) is 83.3 Å². The molecule has 5 nitrogen and oxygen atoms in total. The first-order valence-electron chi connectivity index (χ1n) is 12.2. The molecule has 2 N–H and O–H groups in total. The molecule has 0 saturated carbocycles. The monoisotopic (exact) mass is 568 g/mol. The highest BCUT2D eigenvalue weighted by molar-refractivity contribution is 9.10. The Labute approximate surface area is 224 Å². The Hall–Kier alpha value is -2.77. The Morgan fingerprint density at radius 3 is 1.89 bits per heavy atom. The first-order valence-corrected chi connectivity index (χ1v) is 14.9. The van der Waals surface area contributed by atoms with Gasteiger partial charge in [-0.15, -0.1) is 0 Å². The van der Waals surface area contributed by atoms with Gasteiger partial charge < -0.3 is 19.8 Å². The number of carbonyl (C=O) groups excluding carboxylic acids is 1. The lowest BCUT2D eigenvalue weighted by atomic mass is 10.2. The molecule has 0 saturated heterocycles. The number of carbonyl (C=O) groups is 1. The number of amides is 1. The van der Waals surface area contributed by atoms with E-state index in [0.29, 0.717) is 13.1 Å². The highest BCUT2D eigenvalue weighted by Crippen LogP contribution is 2.38. The minimum Gasteiger partial charge on any atom is -0.534 e. The number of benzene rings is 3. The maximum atomic E-state index is 11.9. The summed E-state index contributed by atoms with van der Waals surface area (Å²) in [6, 6.07) is 27.2. The highest BCUT2D eigenvalue weighted by Gasteiger charge is 2.52. The smallest absolute Gasteiger partial charge is 0.407 e. The molecule has 3 aromatic carbocycles. The topological polar surface area (TPSA) is 59.6 Å². The van der Waals surface area contributed by atoms with E-state index in [1.54, 1.807) is 0 Å². The first kappa shape index (κ1) is 27.8. The van der Waals surface area contributed by atoms with Gasteiger partial charge in [0.25, 0.3) is 0 Å². The van der Waals surface area contributed by atoms with Gasteiger partial charge in [-0.25, -0.2) is 4.79 Å². The molecule has 0 atom stereocenters. The van der Waals surface area contributed by atoms with E-state index < -0.39 is 20.0 Å². The van der Waals surface area contributed by atoms with E-state index in [4.69, 9.17) is 9.16 Å². The highest BCUT2D eigenvalue weighted by atomic mass is 79.9. The van der Waals surface area contributed by atoms with E-state index in [2.05, 4.69) is 95.9 Å². The normalized spacial score (nSPS) is 12.1. The van der Waals surface area contributed by atoms with Gasteiger partial charge >= 0.3 is 14.4 Å². The van der Waals surface area contributed by atoms with Crippen LogP contribution in [-0.4, -0.2) is 33.1 Å². The molecule has 0 spiro atoms. The summed E-state index contributed by atoms with van der Waals surface area (Å²) < 4.78 is 13.3. The molecule has 7 heteroatoms. The molecule has 0 unspecified atom stereocenters. The molecular weight excluding hydrogens is 532 g/mol. The van der Waals surface area contributed by atoms with Crippen LogP contribution in [0, 0.1) is 0 Å². The summed E-state index contributed by atoms with van der Waals surface area (Å²) in [6.45, 7) is 13.3. The van der Waals surface area contributed by atoms with Crippen molar-refractivity contribution in [3.63, 3.8) is 0 Å². The van der Waals surface area contributed by atoms with Crippen molar-refractivity contribution in [3.8, 4) is 5.75 Å². The van der Waals surface area contributed by atoms with Gasteiger partial charge in [0.15, 0.2) is 0 Å². The Morgan fingerprint density at radius 1 is 0.833 bits per heavy atom. The number of nitrogens with one attached hydrogen (secondary N) is 2. The average molecular weight is 570 g/mol. The number of alkyl carbamates (subject to hydrolysis) is 1. The van der Waals surface area contributed by atoms with Crippen molar-refractivity contribution in [2.45, 2.75) is 52.2 Å². The SMILES string of the molecule is CC(C)(C)OC(=O)NCCNc1cc(O[Si](c2ccccc2)(c2ccccc2)C(C)(C)C)ccc1Br. The number of hydrogen-bond donors (Lipinski definition) is 2. The van der Waals surface area contributed by atoms with Crippen molar-refractivity contribution in [2.75, 3.05) is 18.4 Å². The largest absolute Gasteiger partial charge is 0.534 e. The minimum atomic E-state index is -2.72. The van der Waals surface area contributed by atoms with Gasteiger partial charge in [-0.3, -0.25) is 0 Å². The summed E-state index contributed by atoms with van der Waals surface area (Å²) >= 11 is 3.64. The summed E-state index contributed by atoms with van der Waals surface area (Å²) in [5.74, 6) is 0.801. The van der Waals surface area contributed by atoms with Gasteiger partial charge in [0.05, 0.1) is 5.69 Å². The fraction of sp³-hybridized carbons (Fsp3) is 0.345. The summed E-state index contributed by atoms with van der Waals surface area (Å²) in [7, 11) is -2.72. The number of hydrogen-bond acceptors (Lipinski definition) is 4. The van der Waals surface area contributed by atoms with E-state index >= 15 is 0 Å². The van der Waals surface area contributed by atoms with Gasteiger partial charge in [-0.2, -0.15) is 0 Å². The molecule has 192 valence electrons. The van der Waals surface area contributed by atoms with Crippen LogP contribution < -0.4 is 25.4 Å². The summed E-state index contributed by atoms with van der Waals surface area (Å²) in [6.07, 6.45) is -0.424. The molecule has 36 heavy (non-hydrogen) atoms. The quantitative estimate of drug-likeness (QED) is 0.246. The number of halogens is 1. The van der Waals surface area contributed by atoms with Crippen molar-refractivity contribution in [3.05, 3.63) is 83.3 Å². The summed E-state index contributed by atoms with van der Waals surface area (Å²) in [5.41, 5.74) is 0.379. The van der Waals surface area contributed by atoms with E-state index in [1.165, 1.54) is 10.4 Å². The van der Waals surface area contributed by atoms with E-state index in [9.17, 15) is 4.79 Å². The molecule has 3 aromatic rings. The number of ether oxygens (including phenoxy) is 1. The predicted octanol–water partition coefficient (Wildman–Crippen LogP) is 6.32. The molecule has 0 fully saturated rings. The van der Waals surface area contributed by atoms with Crippen LogP contribution in [0.4, 0.5) is 10.5 Å². The molecule has 0 bridgehead atoms. The summed E-state index contributed by atoms with van der Waals surface area (Å²) in [4.78, 5) is 11.9. The molecule has 0 aliphatic heterocycles. The molecule has 0 aliphatic rings. The van der Waals surface area contributed by atoms with Crippen molar-refractivity contribution >= 4 is 46.4 Å². The molecule has 0 aromatic heterocycles. The van der Waals surface area contributed by atoms with Crippen LogP contribution in [0.2, 0.25) is 5.04 Å². The zero-order valence-corrected chi connectivity index (χ0v) is 24.6. The third-order valence-electron chi connectivity index (χ3n) is 5.73. The van der Waals surface area contributed by atoms with Crippen LogP contribution >= 0.6 is 15.9 Å². The molecule has 0 aliphatic carbocycles. The number of anilines is 1. The second kappa shape index (κ2) is 11.5. The Morgan fingerprint density at radius 2 is 1.39 bits per heavy atom. The van der Waals surface area contributed by atoms with Crippen molar-refractivity contribution < 1.29 is 14.0 Å². The van der Waals surface area contributed by atoms with Crippen LogP contribution in [0.25, 0.3) is 0 Å². The van der Waals surface area contributed by atoms with E-state index in [0.717, 1.165) is 15.9 Å². The van der Waals surface area contributed by atoms with Gasteiger partial charge in [0.1, 0.15) is 11.4 Å². The lowest BCUT2D eigenvalue weighted by Gasteiger charge is -2.43. The Kier molecular flexibility index (Phi) is 8.90. The Bertz CT molecular complexity index is 1100. The fourth-order valence-electron chi connectivity index (χ4n) is 4.21. The zero-order valence-electron chi connectivity index (χ0n) is 22.0. The van der Waals surface area contributed by atoms with Crippen molar-refractivity contribution in [1.82, 2.24) is 5.32 Å². The second-order valence-corrected chi connectivity index (χ2v) is 15.8. The van der Waals surface area contributed by atoms with Crippen molar-refractivity contribution in [2.24, 2.45) is 0 Å². The maximum absolute atomic E-state index is 11.9. The van der Waals surface area contributed by atoms with Crippen LogP contribution in [0.3, 0.4) is 0 Å². The van der Waals surface area contributed by atoms with Crippen LogP contribution in [0.5, 0.6) is 5.75 Å². The standard InChI is InChI=1S/C29H37BrN2O3Si/c1-28(2,3)34-27(33)32-20-19-31-26-21-22(17-18-25(26)30)35-36(29(4,5)6,23-13-9-7-10-14-23)24-15-11-8-12-16-24/h7-18,21,31H,19-20H2,1-6H3,(H,32,33). The number of rotatable bonds is 8. The third kappa shape index (κ3) is 6.92. The second-order valence-electron chi connectivity index (χ2n) is 10.8. The Balaban J connectivity index is 1.87. The van der Waals surface area contributed by atoms with Gasteiger partial charge in [-0.1, -0.05) is 81.4 Å². The van der Waals surface area contributed by atoms with Crippen LogP contribution in [-0.2, 0) is 4.74 Å². The molecular formula is C29H37BrN2O3Si. The summed E-state index contributed by atoms with van der Waals surface area (Å²) in [5, 5.41) is 8.49. The van der Waals surface area contributed by atoms with E-state index in [-0.39, 0.29) is 5.04 Å². The third-order valence-corrected chi connectivity index (χ3v) is 11.4. The van der Waals surface area contributed by atoms with Crippen molar-refractivity contribution in [1.29, 1.82) is 0 Å². The minimum absolute atomic E-state index is 0.131. The predicted molar refractivity (Wildman–Crippen MR) is 155 cm³/mol. The first-order chi connectivity index (χ1) is 16.9. The average Bonchev–Trinajstić information content (AvgIpc) is 2.81. The fourth-order valence-corrected chi connectivity index (χ4v) is 9.00. The van der Waals surface area contributed by atoms with Crippen LogP contribution in [0.1, 0.15) is 41.5 Å². The van der Waals surface area contributed by atoms with Gasteiger partial charge in [0.2, 0.25) is 0 Å². The molecule has 1 amide bonds.